The summed E-state index contributed by atoms with van der Waals surface area (Å²) in [5, 5.41) is 14.0. The minimum Gasteiger partial charge on any atom is -0.508 e. The van der Waals surface area contributed by atoms with Crippen LogP contribution < -0.4 is 15.6 Å². The number of phenolic OH excluding ortho intramolecular Hbond substituents is 1. The van der Waals surface area contributed by atoms with Crippen LogP contribution in [0.4, 0.5) is 0 Å². The summed E-state index contributed by atoms with van der Waals surface area (Å²) in [6, 6.07) is 28.7. The van der Waals surface area contributed by atoms with E-state index in [1.165, 1.54) is 10.4 Å². The molecule has 98 valence electrons. The molecule has 3 rings (SSSR count). The van der Waals surface area contributed by atoms with Gasteiger partial charge >= 0.3 is 0 Å². The molecule has 1 N–H and O–H groups in total. The van der Waals surface area contributed by atoms with Crippen molar-refractivity contribution < 1.29 is 5.11 Å². The molecule has 0 fully saturated rings. The Hall–Kier alpha value is -2.32. The van der Waals surface area contributed by atoms with Crippen LogP contribution in [-0.4, -0.2) is 13.9 Å². The van der Waals surface area contributed by atoms with Gasteiger partial charge in [-0.3, -0.25) is 0 Å². The molecule has 3 aromatic rings. The highest BCUT2D eigenvalue weighted by Gasteiger charge is 2.20. The number of rotatable bonds is 3. The van der Waals surface area contributed by atoms with Crippen molar-refractivity contribution in [3.8, 4) is 5.75 Å². The smallest absolute Gasteiger partial charge is 0.137 e. The highest BCUT2D eigenvalue weighted by atomic mass is 28.3. The van der Waals surface area contributed by atoms with Crippen molar-refractivity contribution in [1.82, 2.24) is 0 Å². The summed E-state index contributed by atoms with van der Waals surface area (Å²) in [5.74, 6) is 0.400. The molecule has 1 nitrogen and oxygen atoms in total. The lowest BCUT2D eigenvalue weighted by Crippen LogP contribution is -2.51. The highest BCUT2D eigenvalue weighted by Crippen LogP contribution is 2.06. The van der Waals surface area contributed by atoms with E-state index in [2.05, 4.69) is 48.5 Å². The second-order valence-corrected chi connectivity index (χ2v) is 7.63. The summed E-state index contributed by atoms with van der Waals surface area (Å²) in [4.78, 5) is 0. The lowest BCUT2D eigenvalue weighted by molar-refractivity contribution is 0.479. The molecule has 0 radical (unpaired) electrons. The van der Waals surface area contributed by atoms with Crippen molar-refractivity contribution in [2.24, 2.45) is 0 Å². The van der Waals surface area contributed by atoms with Gasteiger partial charge in [0.05, 0.1) is 0 Å². The van der Waals surface area contributed by atoms with Gasteiger partial charge in [0, 0.05) is 0 Å². The van der Waals surface area contributed by atoms with E-state index in [1.807, 2.05) is 30.3 Å². The fourth-order valence-electron chi connectivity index (χ4n) is 2.57. The Morgan fingerprint density at radius 3 is 1.50 bits per heavy atom. The van der Waals surface area contributed by atoms with Crippen molar-refractivity contribution in [2.45, 2.75) is 0 Å². The molecular weight excluding hydrogens is 260 g/mol. The zero-order valence-corrected chi connectivity index (χ0v) is 12.3. The van der Waals surface area contributed by atoms with Gasteiger partial charge in [-0.25, -0.2) is 0 Å². The molecular formula is C18H16OSi. The van der Waals surface area contributed by atoms with Crippen molar-refractivity contribution >= 4 is 24.4 Å². The number of aromatic hydroxyl groups is 1. The van der Waals surface area contributed by atoms with E-state index in [-0.39, 0.29) is 0 Å². The average Bonchev–Trinajstić information content (AvgIpc) is 2.52. The van der Waals surface area contributed by atoms with Crippen molar-refractivity contribution in [3.63, 3.8) is 0 Å². The van der Waals surface area contributed by atoms with E-state index in [0.717, 1.165) is 5.19 Å². The number of hydrogen-bond acceptors (Lipinski definition) is 1. The minimum atomic E-state index is -1.60. The van der Waals surface area contributed by atoms with Crippen molar-refractivity contribution in [2.75, 3.05) is 0 Å². The molecule has 0 bridgehead atoms. The maximum absolute atomic E-state index is 10.2. The van der Waals surface area contributed by atoms with Crippen LogP contribution in [0.1, 0.15) is 0 Å². The Morgan fingerprint density at radius 1 is 0.550 bits per heavy atom. The molecule has 20 heavy (non-hydrogen) atoms. The molecule has 3 aromatic carbocycles. The molecule has 0 aromatic heterocycles. The summed E-state index contributed by atoms with van der Waals surface area (Å²) in [5.41, 5.74) is 0. The lowest BCUT2D eigenvalue weighted by Gasteiger charge is -2.18. The van der Waals surface area contributed by atoms with Crippen LogP contribution in [0.25, 0.3) is 0 Å². The third-order valence-electron chi connectivity index (χ3n) is 3.51. The molecule has 0 amide bonds. The van der Waals surface area contributed by atoms with E-state index in [0.29, 0.717) is 5.75 Å². The van der Waals surface area contributed by atoms with E-state index in [4.69, 9.17) is 0 Å². The molecule has 0 heterocycles. The number of phenols is 1. The summed E-state index contributed by atoms with van der Waals surface area (Å²) in [6.45, 7) is 0. The maximum atomic E-state index is 10.2. The van der Waals surface area contributed by atoms with Gasteiger partial charge < -0.3 is 5.11 Å². The zero-order valence-electron chi connectivity index (χ0n) is 11.1. The van der Waals surface area contributed by atoms with Gasteiger partial charge in [0.1, 0.15) is 14.5 Å². The van der Waals surface area contributed by atoms with Crippen LogP contribution in [0.5, 0.6) is 5.75 Å². The first kappa shape index (κ1) is 12.7. The quantitative estimate of drug-likeness (QED) is 0.569. The third kappa shape index (κ3) is 2.51. The molecule has 0 unspecified atom stereocenters. The van der Waals surface area contributed by atoms with E-state index >= 15 is 0 Å². The predicted molar refractivity (Wildman–Crippen MR) is 87.0 cm³/mol. The van der Waals surface area contributed by atoms with Gasteiger partial charge in [-0.05, 0) is 11.3 Å². The molecule has 0 aliphatic rings. The third-order valence-corrected chi connectivity index (χ3v) is 6.73. The summed E-state index contributed by atoms with van der Waals surface area (Å²) < 4.78 is 0. The van der Waals surface area contributed by atoms with Crippen LogP contribution in [0.2, 0.25) is 0 Å². The molecule has 0 aliphatic heterocycles. The first-order valence-corrected chi connectivity index (χ1v) is 8.47. The lowest BCUT2D eigenvalue weighted by atomic mass is 10.3. The highest BCUT2D eigenvalue weighted by molar-refractivity contribution is 6.96. The molecule has 2 heteroatoms. The fraction of sp³-hybridized carbons (Fsp3) is 0. The summed E-state index contributed by atoms with van der Waals surface area (Å²) in [6.07, 6.45) is 0. The second-order valence-electron chi connectivity index (χ2n) is 4.81. The van der Waals surface area contributed by atoms with Gasteiger partial charge in [-0.2, -0.15) is 0 Å². The SMILES string of the molecule is Oc1ccccc1[SiH](c1ccccc1)c1ccccc1. The Labute approximate surface area is 120 Å². The minimum absolute atomic E-state index is 0.400. The zero-order chi connectivity index (χ0) is 13.8. The fourth-order valence-corrected chi connectivity index (χ4v) is 5.59. The van der Waals surface area contributed by atoms with Crippen LogP contribution >= 0.6 is 0 Å². The largest absolute Gasteiger partial charge is 0.508 e. The predicted octanol–water partition coefficient (Wildman–Crippen LogP) is 1.64. The number of para-hydroxylation sites is 1. The van der Waals surface area contributed by atoms with Crippen molar-refractivity contribution in [3.05, 3.63) is 84.9 Å². The summed E-state index contributed by atoms with van der Waals surface area (Å²) in [7, 11) is -1.60. The Morgan fingerprint density at radius 2 is 1.00 bits per heavy atom. The van der Waals surface area contributed by atoms with E-state index < -0.39 is 8.80 Å². The number of hydrogen-bond donors (Lipinski definition) is 1. The Bertz CT molecular complexity index is 641. The van der Waals surface area contributed by atoms with Crippen LogP contribution in [-0.2, 0) is 0 Å². The summed E-state index contributed by atoms with van der Waals surface area (Å²) >= 11 is 0. The standard InChI is InChI=1S/C18H16OSi/c19-17-13-7-8-14-18(17)20(15-9-3-1-4-10-15)16-11-5-2-6-12-16/h1-14,19-20H. The van der Waals surface area contributed by atoms with Gasteiger partial charge in [-0.15, -0.1) is 0 Å². The first-order valence-electron chi connectivity index (χ1n) is 6.74. The number of benzene rings is 3. The Balaban J connectivity index is 2.17. The van der Waals surface area contributed by atoms with Gasteiger partial charge in [0.2, 0.25) is 0 Å². The van der Waals surface area contributed by atoms with Gasteiger partial charge in [-0.1, -0.05) is 89.2 Å². The average molecular weight is 276 g/mol. The molecule has 0 saturated heterocycles. The van der Waals surface area contributed by atoms with E-state index in [9.17, 15) is 5.11 Å². The first-order chi connectivity index (χ1) is 9.86. The normalized spacial score (nSPS) is 10.7. The topological polar surface area (TPSA) is 20.2 Å². The molecule has 0 aliphatic carbocycles. The monoisotopic (exact) mass is 276 g/mol. The second kappa shape index (κ2) is 5.76. The molecule has 0 atom stereocenters. The Kier molecular flexibility index (Phi) is 3.66. The van der Waals surface area contributed by atoms with Crippen LogP contribution in [0.3, 0.4) is 0 Å². The van der Waals surface area contributed by atoms with Gasteiger partial charge in [0.25, 0.3) is 0 Å². The molecule has 0 spiro atoms. The maximum Gasteiger partial charge on any atom is 0.137 e. The van der Waals surface area contributed by atoms with Crippen LogP contribution in [0.15, 0.2) is 84.9 Å². The van der Waals surface area contributed by atoms with E-state index in [1.54, 1.807) is 6.07 Å². The molecule has 0 saturated carbocycles. The van der Waals surface area contributed by atoms with Crippen LogP contribution in [0, 0.1) is 0 Å². The van der Waals surface area contributed by atoms with Gasteiger partial charge in [0.15, 0.2) is 0 Å². The van der Waals surface area contributed by atoms with Crippen molar-refractivity contribution in [1.29, 1.82) is 0 Å².